The Bertz CT molecular complexity index is 35.4. The van der Waals surface area contributed by atoms with Crippen LogP contribution in [0, 0.1) is 0 Å². The minimum Gasteiger partial charge on any atom is -0.217 e. The van der Waals surface area contributed by atoms with Crippen LogP contribution in [-0.2, 0) is 4.94 Å². The third-order valence-electron chi connectivity index (χ3n) is 0.966. The van der Waals surface area contributed by atoms with Crippen molar-refractivity contribution >= 4 is 0 Å². The molecule has 0 heterocycles. The predicted octanol–water partition coefficient (Wildman–Crippen LogP) is 0.572. The van der Waals surface area contributed by atoms with Gasteiger partial charge in [-0.3, -0.25) is 0 Å². The molecule has 50 valence electrons. The zero-order valence-electron chi connectivity index (χ0n) is 5.31. The van der Waals surface area contributed by atoms with Gasteiger partial charge in [0.2, 0.25) is 0 Å². The summed E-state index contributed by atoms with van der Waals surface area (Å²) in [6.45, 7) is 3.01. The maximum Gasteiger partial charge on any atom is 0.0228 e. The Morgan fingerprint density at radius 3 is 2.75 bits per heavy atom. The molecule has 8 heavy (non-hydrogen) atoms. The number of nitrogens with one attached hydrogen (secondary N) is 1. The summed E-state index contributed by atoms with van der Waals surface area (Å²) in [5.74, 6) is 4.70. The Balaban J connectivity index is 2.53. The molecule has 0 aliphatic rings. The Morgan fingerprint density at radius 2 is 2.25 bits per heavy atom. The van der Waals surface area contributed by atoms with Gasteiger partial charge in [-0.2, -0.15) is 11.4 Å². The average molecular weight is 118 g/mol. The van der Waals surface area contributed by atoms with Gasteiger partial charge in [-0.15, -0.1) is 0 Å². The van der Waals surface area contributed by atoms with Crippen molar-refractivity contribution in [2.75, 3.05) is 6.54 Å². The highest BCUT2D eigenvalue weighted by molar-refractivity contribution is 4.36. The predicted molar refractivity (Wildman–Crippen MR) is 32.8 cm³/mol. The summed E-state index contributed by atoms with van der Waals surface area (Å²) in [5, 5.41) is 0. The number of hydrogen-bond donors (Lipinski definition) is 2. The molecule has 0 aromatic rings. The fourth-order valence-electron chi connectivity index (χ4n) is 0.506. The molecule has 0 spiro atoms. The van der Waals surface area contributed by atoms with E-state index in [1.165, 1.54) is 12.8 Å². The molecular formula is C5H14N2O. The summed E-state index contributed by atoms with van der Waals surface area (Å²) in [4.78, 5) is 4.14. The molecule has 0 aliphatic heterocycles. The summed E-state index contributed by atoms with van der Waals surface area (Å²) in [7, 11) is 0. The van der Waals surface area contributed by atoms with E-state index in [0.717, 1.165) is 13.0 Å². The molecule has 3 N–H and O–H groups in total. The molecule has 0 saturated heterocycles. The van der Waals surface area contributed by atoms with E-state index in [2.05, 4.69) is 17.3 Å². The highest BCUT2D eigenvalue weighted by atomic mass is 16.8. The molecule has 0 aromatic heterocycles. The molecule has 0 saturated carbocycles. The van der Waals surface area contributed by atoms with Crippen LogP contribution in [0.25, 0.3) is 0 Å². The molecular weight excluding hydrogens is 104 g/mol. The summed E-state index contributed by atoms with van der Waals surface area (Å²) >= 11 is 0. The van der Waals surface area contributed by atoms with Crippen molar-refractivity contribution in [2.24, 2.45) is 5.90 Å². The third kappa shape index (κ3) is 5.88. The van der Waals surface area contributed by atoms with Gasteiger partial charge in [-0.25, -0.2) is 4.94 Å². The van der Waals surface area contributed by atoms with Crippen LogP contribution in [0.5, 0.6) is 0 Å². The standard InChI is InChI=1S/C5H14N2O/c1-2-3-4-5-7-8-6/h7H,2-6H2,1H3. The number of hydrogen-bond acceptors (Lipinski definition) is 3. The lowest BCUT2D eigenvalue weighted by molar-refractivity contribution is 0.0401. The third-order valence-corrected chi connectivity index (χ3v) is 0.966. The first-order valence-electron chi connectivity index (χ1n) is 3.00. The zero-order valence-corrected chi connectivity index (χ0v) is 5.31. The summed E-state index contributed by atoms with van der Waals surface area (Å²) in [6, 6.07) is 0. The van der Waals surface area contributed by atoms with Crippen molar-refractivity contribution in [1.82, 2.24) is 5.48 Å². The highest BCUT2D eigenvalue weighted by Gasteiger charge is 1.82. The second-order valence-electron chi connectivity index (χ2n) is 1.72. The van der Waals surface area contributed by atoms with Crippen LogP contribution in [0.15, 0.2) is 0 Å². The van der Waals surface area contributed by atoms with Crippen LogP contribution in [0.1, 0.15) is 26.2 Å². The first-order chi connectivity index (χ1) is 3.91. The van der Waals surface area contributed by atoms with E-state index in [1.54, 1.807) is 0 Å². The first kappa shape index (κ1) is 7.88. The van der Waals surface area contributed by atoms with Gasteiger partial charge >= 0.3 is 0 Å². The van der Waals surface area contributed by atoms with Crippen LogP contribution in [-0.4, -0.2) is 6.54 Å². The van der Waals surface area contributed by atoms with Crippen molar-refractivity contribution in [2.45, 2.75) is 26.2 Å². The summed E-state index contributed by atoms with van der Waals surface area (Å²) < 4.78 is 0. The molecule has 0 bridgehead atoms. The molecule has 0 amide bonds. The highest BCUT2D eigenvalue weighted by Crippen LogP contribution is 1.89. The van der Waals surface area contributed by atoms with Crippen LogP contribution >= 0.6 is 0 Å². The fraction of sp³-hybridized carbons (Fsp3) is 1.00. The number of nitrogens with two attached hydrogens (primary N) is 1. The monoisotopic (exact) mass is 118 g/mol. The van der Waals surface area contributed by atoms with Crippen molar-refractivity contribution in [3.05, 3.63) is 0 Å². The Morgan fingerprint density at radius 1 is 1.50 bits per heavy atom. The SMILES string of the molecule is CCCCCNON. The Kier molecular flexibility index (Phi) is 6.78. The smallest absolute Gasteiger partial charge is 0.0228 e. The minimum atomic E-state index is 0.852. The van der Waals surface area contributed by atoms with Gasteiger partial charge in [0.15, 0.2) is 0 Å². The number of hydroxylamine groups is 1. The van der Waals surface area contributed by atoms with Crippen molar-refractivity contribution in [3.63, 3.8) is 0 Å². The lowest BCUT2D eigenvalue weighted by Gasteiger charge is -1.96. The summed E-state index contributed by atoms with van der Waals surface area (Å²) in [6.07, 6.45) is 3.59. The Hall–Kier alpha value is -0.120. The first-order valence-corrected chi connectivity index (χ1v) is 3.00. The molecule has 0 aliphatic carbocycles. The maximum absolute atomic E-state index is 4.70. The van der Waals surface area contributed by atoms with Crippen LogP contribution in [0.2, 0.25) is 0 Å². The second kappa shape index (κ2) is 6.88. The molecule has 0 fully saturated rings. The molecule has 0 atom stereocenters. The largest absolute Gasteiger partial charge is 0.217 e. The maximum atomic E-state index is 4.70. The van der Waals surface area contributed by atoms with E-state index < -0.39 is 0 Å². The topological polar surface area (TPSA) is 47.3 Å². The fourth-order valence-corrected chi connectivity index (χ4v) is 0.506. The quantitative estimate of drug-likeness (QED) is 0.410. The Labute approximate surface area is 50.1 Å². The molecule has 0 radical (unpaired) electrons. The summed E-state index contributed by atoms with van der Waals surface area (Å²) in [5.41, 5.74) is 2.56. The molecule has 3 nitrogen and oxygen atoms in total. The van der Waals surface area contributed by atoms with E-state index >= 15 is 0 Å². The van der Waals surface area contributed by atoms with Gasteiger partial charge in [0.05, 0.1) is 0 Å². The zero-order chi connectivity index (χ0) is 6.24. The van der Waals surface area contributed by atoms with Gasteiger partial charge in [0.25, 0.3) is 0 Å². The molecule has 0 unspecified atom stereocenters. The lowest BCUT2D eigenvalue weighted by Crippen LogP contribution is -2.19. The second-order valence-corrected chi connectivity index (χ2v) is 1.72. The van der Waals surface area contributed by atoms with Crippen LogP contribution in [0.4, 0.5) is 0 Å². The minimum absolute atomic E-state index is 0.852. The van der Waals surface area contributed by atoms with Crippen molar-refractivity contribution < 1.29 is 4.94 Å². The van der Waals surface area contributed by atoms with Crippen molar-refractivity contribution in [1.29, 1.82) is 0 Å². The van der Waals surface area contributed by atoms with Crippen LogP contribution in [0.3, 0.4) is 0 Å². The van der Waals surface area contributed by atoms with E-state index in [4.69, 9.17) is 5.90 Å². The molecule has 3 heteroatoms. The number of rotatable bonds is 5. The van der Waals surface area contributed by atoms with E-state index in [9.17, 15) is 0 Å². The van der Waals surface area contributed by atoms with Gasteiger partial charge < -0.3 is 0 Å². The van der Waals surface area contributed by atoms with E-state index in [0.29, 0.717) is 0 Å². The van der Waals surface area contributed by atoms with Gasteiger partial charge in [-0.05, 0) is 6.42 Å². The molecule has 0 rings (SSSR count). The van der Waals surface area contributed by atoms with E-state index in [-0.39, 0.29) is 0 Å². The van der Waals surface area contributed by atoms with Gasteiger partial charge in [0.1, 0.15) is 0 Å². The normalized spacial score (nSPS) is 9.75. The lowest BCUT2D eigenvalue weighted by atomic mass is 10.3. The molecule has 0 aromatic carbocycles. The van der Waals surface area contributed by atoms with Crippen LogP contribution < -0.4 is 11.4 Å². The average Bonchev–Trinajstić information content (AvgIpc) is 1.81. The number of unbranched alkanes of at least 4 members (excludes halogenated alkanes) is 2. The van der Waals surface area contributed by atoms with E-state index in [1.807, 2.05) is 0 Å². The van der Waals surface area contributed by atoms with Crippen molar-refractivity contribution in [3.8, 4) is 0 Å². The van der Waals surface area contributed by atoms with Gasteiger partial charge in [-0.1, -0.05) is 19.8 Å². The van der Waals surface area contributed by atoms with Gasteiger partial charge in [0, 0.05) is 6.54 Å².